The molecule has 3 N–H and O–H groups in total. The lowest BCUT2D eigenvalue weighted by Crippen LogP contribution is -2.37. The van der Waals surface area contributed by atoms with Crippen LogP contribution in [0.15, 0.2) is 61.2 Å². The molecule has 3 aromatic heterocycles. The summed E-state index contributed by atoms with van der Waals surface area (Å²) in [4.78, 5) is 40.7. The van der Waals surface area contributed by atoms with Gasteiger partial charge in [-0.15, -0.1) is 0 Å². The maximum atomic E-state index is 13.1. The van der Waals surface area contributed by atoms with Crippen molar-refractivity contribution in [1.82, 2.24) is 19.4 Å². The number of piperidine rings is 1. The molecular weight excluding hydrogens is 506 g/mol. The van der Waals surface area contributed by atoms with Gasteiger partial charge in [-0.25, -0.2) is 15.0 Å². The first-order valence-corrected chi connectivity index (χ1v) is 13.9. The van der Waals surface area contributed by atoms with E-state index in [-0.39, 0.29) is 17.4 Å². The van der Waals surface area contributed by atoms with E-state index in [0.717, 1.165) is 56.8 Å². The number of nitrogens with two attached hydrogens (primary N) is 1. The number of nitrogens with one attached hydrogen (secondary N) is 1. The van der Waals surface area contributed by atoms with Crippen LogP contribution < -0.4 is 16.0 Å². The molecule has 206 valence electrons. The number of fused-ring (bicyclic) bond motifs is 1. The van der Waals surface area contributed by atoms with Gasteiger partial charge in [0, 0.05) is 62.6 Å². The van der Waals surface area contributed by atoms with Crippen LogP contribution in [0.3, 0.4) is 0 Å². The third-order valence-corrected chi connectivity index (χ3v) is 7.89. The van der Waals surface area contributed by atoms with E-state index in [2.05, 4.69) is 32.3 Å². The number of hydrogen-bond acceptors (Lipinski definition) is 8. The van der Waals surface area contributed by atoms with Crippen molar-refractivity contribution < 1.29 is 14.3 Å². The number of hydrogen-bond donors (Lipinski definition) is 2. The van der Waals surface area contributed by atoms with Crippen molar-refractivity contribution in [1.29, 1.82) is 0 Å². The predicted octanol–water partition coefficient (Wildman–Crippen LogP) is 4.35. The fourth-order valence-electron chi connectivity index (χ4n) is 5.71. The van der Waals surface area contributed by atoms with Crippen molar-refractivity contribution in [3.05, 3.63) is 78.0 Å². The third kappa shape index (κ3) is 5.67. The van der Waals surface area contributed by atoms with Gasteiger partial charge in [-0.05, 0) is 67.3 Å². The maximum Gasteiger partial charge on any atom is 0.271 e. The second kappa shape index (κ2) is 11.4. The van der Waals surface area contributed by atoms with Crippen molar-refractivity contribution in [3.8, 4) is 0 Å². The van der Waals surface area contributed by atoms with Gasteiger partial charge >= 0.3 is 0 Å². The SMILES string of the molecule is NC(=O)c1ncc(N2CCC[C@@H](CC(=O)c3ccc4nccn4c3)C2)nc1Nc1ccc(C2CCOCC2)cc1. The number of rotatable bonds is 8. The molecule has 10 nitrogen and oxygen atoms in total. The Balaban J connectivity index is 1.15. The van der Waals surface area contributed by atoms with Crippen LogP contribution in [-0.4, -0.2) is 57.3 Å². The van der Waals surface area contributed by atoms with Crippen molar-refractivity contribution in [2.45, 2.75) is 38.0 Å². The number of amides is 1. The molecule has 4 aromatic rings. The van der Waals surface area contributed by atoms with Gasteiger partial charge in [0.1, 0.15) is 11.5 Å². The molecule has 2 fully saturated rings. The Bertz CT molecular complexity index is 1510. The summed E-state index contributed by atoms with van der Waals surface area (Å²) >= 11 is 0. The van der Waals surface area contributed by atoms with Crippen LogP contribution in [0.5, 0.6) is 0 Å². The number of carbonyl (C=O) groups excluding carboxylic acids is 2. The average Bonchev–Trinajstić information content (AvgIpc) is 3.46. The molecule has 0 unspecified atom stereocenters. The van der Waals surface area contributed by atoms with Crippen LogP contribution in [0.1, 0.15) is 64.4 Å². The third-order valence-electron chi connectivity index (χ3n) is 7.89. The number of anilines is 3. The number of Topliss-reactive ketones (excluding diaryl/α,β-unsaturated/α-hetero) is 1. The largest absolute Gasteiger partial charge is 0.381 e. The van der Waals surface area contributed by atoms with Gasteiger partial charge in [-0.3, -0.25) is 9.59 Å². The summed E-state index contributed by atoms with van der Waals surface area (Å²) in [5.41, 5.74) is 9.31. The van der Waals surface area contributed by atoms with Crippen molar-refractivity contribution in [2.75, 3.05) is 36.5 Å². The second-order valence-electron chi connectivity index (χ2n) is 10.6. The summed E-state index contributed by atoms with van der Waals surface area (Å²) in [5.74, 6) is 1.15. The molecule has 0 spiro atoms. The van der Waals surface area contributed by atoms with E-state index in [1.165, 1.54) is 5.56 Å². The van der Waals surface area contributed by atoms with E-state index in [1.54, 1.807) is 12.4 Å². The highest BCUT2D eigenvalue weighted by molar-refractivity contribution is 5.97. The number of ketones is 1. The number of aromatic nitrogens is 4. The molecule has 0 saturated carbocycles. The Morgan fingerprint density at radius 3 is 2.67 bits per heavy atom. The lowest BCUT2D eigenvalue weighted by molar-refractivity contribution is 0.0853. The Morgan fingerprint density at radius 1 is 1.05 bits per heavy atom. The Morgan fingerprint density at radius 2 is 1.88 bits per heavy atom. The van der Waals surface area contributed by atoms with Crippen LogP contribution in [0.25, 0.3) is 5.65 Å². The molecule has 0 radical (unpaired) electrons. The van der Waals surface area contributed by atoms with E-state index in [0.29, 0.717) is 36.1 Å². The minimum absolute atomic E-state index is 0.0934. The van der Waals surface area contributed by atoms with E-state index in [1.807, 2.05) is 41.1 Å². The molecule has 5 heterocycles. The fourth-order valence-corrected chi connectivity index (χ4v) is 5.71. The Kier molecular flexibility index (Phi) is 7.41. The number of nitrogens with zero attached hydrogens (tertiary/aromatic N) is 5. The molecule has 40 heavy (non-hydrogen) atoms. The standard InChI is InChI=1S/C30H33N7O3/c31-29(39)28-30(34-24-6-3-21(4-7-24)22-9-14-40-15-10-22)35-27(17-33-28)36-12-1-2-20(18-36)16-25(38)23-5-8-26-32-11-13-37(26)19-23/h3-8,11,13,17,19-20,22H,1-2,9-10,12,14-16,18H2,(H2,31,39)(H,34,35)/t20-/m0/s1. The molecular formula is C30H33N7O3. The second-order valence-corrected chi connectivity index (χ2v) is 10.6. The molecule has 1 aromatic carbocycles. The summed E-state index contributed by atoms with van der Waals surface area (Å²) in [6, 6.07) is 11.9. The van der Waals surface area contributed by atoms with Crippen molar-refractivity contribution >= 4 is 34.7 Å². The van der Waals surface area contributed by atoms with E-state index >= 15 is 0 Å². The van der Waals surface area contributed by atoms with Gasteiger partial charge in [-0.1, -0.05) is 12.1 Å². The minimum atomic E-state index is -0.641. The molecule has 2 aliphatic heterocycles. The first-order valence-electron chi connectivity index (χ1n) is 13.9. The van der Waals surface area contributed by atoms with Gasteiger partial charge in [0.05, 0.1) is 6.20 Å². The van der Waals surface area contributed by atoms with Crippen LogP contribution in [0, 0.1) is 5.92 Å². The molecule has 6 rings (SSSR count). The minimum Gasteiger partial charge on any atom is -0.381 e. The normalized spacial score (nSPS) is 18.1. The summed E-state index contributed by atoms with van der Waals surface area (Å²) < 4.78 is 7.35. The van der Waals surface area contributed by atoms with E-state index in [4.69, 9.17) is 15.5 Å². The predicted molar refractivity (Wildman–Crippen MR) is 152 cm³/mol. The van der Waals surface area contributed by atoms with Gasteiger partial charge in [-0.2, -0.15) is 0 Å². The summed E-state index contributed by atoms with van der Waals surface area (Å²) in [5, 5.41) is 3.25. The first kappa shape index (κ1) is 25.9. The van der Waals surface area contributed by atoms with E-state index in [9.17, 15) is 9.59 Å². The topological polar surface area (TPSA) is 128 Å². The monoisotopic (exact) mass is 539 g/mol. The molecule has 2 saturated heterocycles. The molecule has 1 amide bonds. The maximum absolute atomic E-state index is 13.1. The number of pyridine rings is 1. The fraction of sp³-hybridized carbons (Fsp3) is 0.367. The zero-order valence-electron chi connectivity index (χ0n) is 22.3. The zero-order valence-corrected chi connectivity index (χ0v) is 22.3. The van der Waals surface area contributed by atoms with Crippen LogP contribution >= 0.6 is 0 Å². The molecule has 0 bridgehead atoms. The van der Waals surface area contributed by atoms with Crippen molar-refractivity contribution in [3.63, 3.8) is 0 Å². The lowest BCUT2D eigenvalue weighted by atomic mass is 9.91. The molecule has 0 aliphatic carbocycles. The number of imidazole rings is 1. The highest BCUT2D eigenvalue weighted by Crippen LogP contribution is 2.30. The molecule has 1 atom stereocenters. The number of primary amides is 1. The van der Waals surface area contributed by atoms with Gasteiger partial charge in [0.25, 0.3) is 5.91 Å². The molecule has 2 aliphatic rings. The summed E-state index contributed by atoms with van der Waals surface area (Å²) in [6.07, 6.45) is 11.4. The summed E-state index contributed by atoms with van der Waals surface area (Å²) in [7, 11) is 0. The smallest absolute Gasteiger partial charge is 0.271 e. The van der Waals surface area contributed by atoms with Crippen LogP contribution in [0.2, 0.25) is 0 Å². The van der Waals surface area contributed by atoms with Crippen LogP contribution in [-0.2, 0) is 4.74 Å². The molecule has 10 heteroatoms. The first-order chi connectivity index (χ1) is 19.5. The number of benzene rings is 1. The number of carbonyl (C=O) groups is 2. The van der Waals surface area contributed by atoms with Gasteiger partial charge in [0.15, 0.2) is 17.3 Å². The van der Waals surface area contributed by atoms with Crippen LogP contribution in [0.4, 0.5) is 17.3 Å². The van der Waals surface area contributed by atoms with Gasteiger partial charge in [0.2, 0.25) is 0 Å². The Labute approximate surface area is 232 Å². The zero-order chi connectivity index (χ0) is 27.5. The highest BCUT2D eigenvalue weighted by atomic mass is 16.5. The lowest BCUT2D eigenvalue weighted by Gasteiger charge is -2.33. The van der Waals surface area contributed by atoms with Gasteiger partial charge < -0.3 is 25.1 Å². The average molecular weight is 540 g/mol. The Hall–Kier alpha value is -4.31. The van der Waals surface area contributed by atoms with Crippen molar-refractivity contribution in [2.24, 2.45) is 11.7 Å². The highest BCUT2D eigenvalue weighted by Gasteiger charge is 2.25. The quantitative estimate of drug-likeness (QED) is 0.316. The van der Waals surface area contributed by atoms with E-state index < -0.39 is 5.91 Å². The summed E-state index contributed by atoms with van der Waals surface area (Å²) in [6.45, 7) is 3.07. The number of ether oxygens (including phenoxy) is 1.